The number of rotatable bonds is 5. The van der Waals surface area contributed by atoms with E-state index in [0.717, 1.165) is 37.9 Å². The van der Waals surface area contributed by atoms with Crippen LogP contribution in [0, 0.1) is 5.82 Å². The molecular formula is C17H22FN3O2S. The van der Waals surface area contributed by atoms with Gasteiger partial charge in [0.2, 0.25) is 10.0 Å². The van der Waals surface area contributed by atoms with Crippen LogP contribution in [0.3, 0.4) is 0 Å². The number of nitrogens with zero attached hydrogens (tertiary/aromatic N) is 3. The Hall–Kier alpha value is -1.73. The van der Waals surface area contributed by atoms with E-state index in [1.807, 2.05) is 17.8 Å². The van der Waals surface area contributed by atoms with E-state index in [0.29, 0.717) is 6.54 Å². The van der Waals surface area contributed by atoms with Gasteiger partial charge in [0.25, 0.3) is 0 Å². The lowest BCUT2D eigenvalue weighted by molar-refractivity contribution is 0.240. The van der Waals surface area contributed by atoms with Crippen LogP contribution >= 0.6 is 0 Å². The zero-order valence-corrected chi connectivity index (χ0v) is 14.5. The van der Waals surface area contributed by atoms with E-state index < -0.39 is 15.8 Å². The molecule has 24 heavy (non-hydrogen) atoms. The summed E-state index contributed by atoms with van der Waals surface area (Å²) in [7, 11) is -1.65. The van der Waals surface area contributed by atoms with E-state index in [1.165, 1.54) is 24.3 Å². The van der Waals surface area contributed by atoms with Gasteiger partial charge in [0.1, 0.15) is 11.6 Å². The maximum absolute atomic E-state index is 13.1. The number of hydrogen-bond acceptors (Lipinski definition) is 3. The summed E-state index contributed by atoms with van der Waals surface area (Å²) >= 11 is 0. The predicted octanol–water partition coefficient (Wildman–Crippen LogP) is 2.74. The Labute approximate surface area is 142 Å². The molecule has 1 aliphatic heterocycles. The van der Waals surface area contributed by atoms with Crippen molar-refractivity contribution in [3.63, 3.8) is 0 Å². The van der Waals surface area contributed by atoms with Gasteiger partial charge in [-0.05, 0) is 43.5 Å². The molecule has 1 aromatic heterocycles. The second kappa shape index (κ2) is 7.03. The molecule has 0 N–H and O–H groups in total. The first-order chi connectivity index (χ1) is 11.5. The second-order valence-electron chi connectivity index (χ2n) is 6.21. The second-order valence-corrected chi connectivity index (χ2v) is 8.10. The minimum atomic E-state index is -3.59. The first-order valence-corrected chi connectivity index (χ1v) is 9.66. The van der Waals surface area contributed by atoms with E-state index in [-0.39, 0.29) is 10.9 Å². The van der Waals surface area contributed by atoms with Crippen LogP contribution in [-0.2, 0) is 23.5 Å². The van der Waals surface area contributed by atoms with Gasteiger partial charge in [-0.3, -0.25) is 0 Å². The minimum Gasteiger partial charge on any atom is -0.338 e. The lowest BCUT2D eigenvalue weighted by Gasteiger charge is -2.34. The minimum absolute atomic E-state index is 0.0366. The van der Waals surface area contributed by atoms with Gasteiger partial charge in [-0.1, -0.05) is 6.42 Å². The highest BCUT2D eigenvalue weighted by atomic mass is 32.2. The molecule has 7 heteroatoms. The zero-order chi connectivity index (χ0) is 17.2. The molecule has 1 fully saturated rings. The first kappa shape index (κ1) is 17.1. The van der Waals surface area contributed by atoms with Crippen LogP contribution in [0.15, 0.2) is 41.6 Å². The molecule has 130 valence electrons. The number of sulfonamides is 1. The Balaban J connectivity index is 1.78. The zero-order valence-electron chi connectivity index (χ0n) is 13.7. The predicted molar refractivity (Wildman–Crippen MR) is 89.5 cm³/mol. The number of halogens is 1. The summed E-state index contributed by atoms with van der Waals surface area (Å²) < 4.78 is 42.5. The summed E-state index contributed by atoms with van der Waals surface area (Å²) in [6.07, 6.45) is 7.87. The maximum atomic E-state index is 13.1. The van der Waals surface area contributed by atoms with Crippen molar-refractivity contribution in [2.24, 2.45) is 7.05 Å². The molecule has 1 aliphatic rings. The lowest BCUT2D eigenvalue weighted by atomic mass is 10.0. The number of benzene rings is 1. The molecule has 3 rings (SSSR count). The molecule has 5 nitrogen and oxygen atoms in total. The topological polar surface area (TPSA) is 55.2 Å². The van der Waals surface area contributed by atoms with Crippen LogP contribution in [0.2, 0.25) is 0 Å². The Morgan fingerprint density at radius 1 is 1.25 bits per heavy atom. The maximum Gasteiger partial charge on any atom is 0.243 e. The molecular weight excluding hydrogens is 329 g/mol. The Morgan fingerprint density at radius 3 is 2.67 bits per heavy atom. The summed E-state index contributed by atoms with van der Waals surface area (Å²) in [5.74, 6) is 0.527. The van der Waals surface area contributed by atoms with Crippen molar-refractivity contribution in [3.05, 3.63) is 48.3 Å². The van der Waals surface area contributed by atoms with Gasteiger partial charge in [0.15, 0.2) is 0 Å². The molecule has 1 saturated heterocycles. The summed E-state index contributed by atoms with van der Waals surface area (Å²) in [6, 6.07) is 5.04. The van der Waals surface area contributed by atoms with E-state index in [2.05, 4.69) is 4.98 Å². The smallest absolute Gasteiger partial charge is 0.243 e. The molecule has 1 atom stereocenters. The lowest BCUT2D eigenvalue weighted by Crippen LogP contribution is -2.43. The van der Waals surface area contributed by atoms with Gasteiger partial charge in [-0.15, -0.1) is 0 Å². The Bertz CT molecular complexity index is 786. The fourth-order valence-electron chi connectivity index (χ4n) is 3.25. The summed E-state index contributed by atoms with van der Waals surface area (Å²) in [5.41, 5.74) is 0. The van der Waals surface area contributed by atoms with E-state index in [4.69, 9.17) is 0 Å². The third kappa shape index (κ3) is 3.52. The van der Waals surface area contributed by atoms with Gasteiger partial charge in [-0.25, -0.2) is 17.8 Å². The van der Waals surface area contributed by atoms with Crippen LogP contribution in [0.25, 0.3) is 0 Å². The molecule has 2 heterocycles. The summed E-state index contributed by atoms with van der Waals surface area (Å²) in [5, 5.41) is 0. The van der Waals surface area contributed by atoms with Crippen molar-refractivity contribution in [1.29, 1.82) is 0 Å². The van der Waals surface area contributed by atoms with Crippen molar-refractivity contribution < 1.29 is 12.8 Å². The van der Waals surface area contributed by atoms with Gasteiger partial charge < -0.3 is 4.57 Å². The Kier molecular flexibility index (Phi) is 5.01. The van der Waals surface area contributed by atoms with Crippen molar-refractivity contribution in [2.75, 3.05) is 6.54 Å². The highest BCUT2D eigenvalue weighted by Gasteiger charge is 2.33. The van der Waals surface area contributed by atoms with E-state index in [9.17, 15) is 12.8 Å². The Morgan fingerprint density at radius 2 is 2.00 bits per heavy atom. The van der Waals surface area contributed by atoms with Crippen molar-refractivity contribution in [1.82, 2.24) is 13.9 Å². The number of aryl methyl sites for hydroxylation is 2. The highest BCUT2D eigenvalue weighted by Crippen LogP contribution is 2.28. The molecule has 0 spiro atoms. The van der Waals surface area contributed by atoms with Gasteiger partial charge in [-0.2, -0.15) is 4.31 Å². The van der Waals surface area contributed by atoms with Crippen LogP contribution in [0.4, 0.5) is 4.39 Å². The fourth-order valence-corrected chi connectivity index (χ4v) is 4.98. The van der Waals surface area contributed by atoms with Gasteiger partial charge >= 0.3 is 0 Å². The highest BCUT2D eigenvalue weighted by molar-refractivity contribution is 7.89. The van der Waals surface area contributed by atoms with E-state index >= 15 is 0 Å². The SMILES string of the molecule is Cn1ccnc1CC[C@H]1CCCCN1S(=O)(=O)c1ccc(F)cc1. The largest absolute Gasteiger partial charge is 0.338 e. The molecule has 0 saturated carbocycles. The monoisotopic (exact) mass is 351 g/mol. The third-order valence-electron chi connectivity index (χ3n) is 4.62. The average Bonchev–Trinajstić information content (AvgIpc) is 2.99. The molecule has 1 aromatic carbocycles. The number of aromatic nitrogens is 2. The van der Waals surface area contributed by atoms with Crippen molar-refractivity contribution in [2.45, 2.75) is 43.0 Å². The van der Waals surface area contributed by atoms with Crippen molar-refractivity contribution in [3.8, 4) is 0 Å². The summed E-state index contributed by atoms with van der Waals surface area (Å²) in [4.78, 5) is 4.47. The molecule has 2 aromatic rings. The molecule has 0 unspecified atom stereocenters. The van der Waals surface area contributed by atoms with Gasteiger partial charge in [0, 0.05) is 38.4 Å². The number of piperidine rings is 1. The first-order valence-electron chi connectivity index (χ1n) is 8.22. The molecule has 0 aliphatic carbocycles. The number of hydrogen-bond donors (Lipinski definition) is 0. The van der Waals surface area contributed by atoms with Crippen LogP contribution < -0.4 is 0 Å². The fraction of sp³-hybridized carbons (Fsp3) is 0.471. The standard InChI is InChI=1S/C17H22FN3O2S/c1-20-13-11-19-17(20)10-7-15-4-2-3-12-21(15)24(22,23)16-8-5-14(18)6-9-16/h5-6,8-9,11,13,15H,2-4,7,10,12H2,1H3/t15-/m1/s1. The van der Waals surface area contributed by atoms with Gasteiger partial charge in [0.05, 0.1) is 4.90 Å². The normalized spacial score (nSPS) is 19.5. The molecule has 0 amide bonds. The number of imidazole rings is 1. The third-order valence-corrected chi connectivity index (χ3v) is 6.58. The van der Waals surface area contributed by atoms with Crippen molar-refractivity contribution >= 4 is 10.0 Å². The average molecular weight is 351 g/mol. The summed E-state index contributed by atoms with van der Waals surface area (Å²) in [6.45, 7) is 0.519. The molecule has 0 radical (unpaired) electrons. The van der Waals surface area contributed by atoms with Crippen LogP contribution in [0.5, 0.6) is 0 Å². The molecule has 0 bridgehead atoms. The van der Waals surface area contributed by atoms with Crippen LogP contribution in [-0.4, -0.2) is 34.9 Å². The van der Waals surface area contributed by atoms with Crippen LogP contribution in [0.1, 0.15) is 31.5 Å². The van der Waals surface area contributed by atoms with E-state index in [1.54, 1.807) is 10.5 Å². The quantitative estimate of drug-likeness (QED) is 0.832.